The first kappa shape index (κ1) is 18.6. The van der Waals surface area contributed by atoms with Gasteiger partial charge in [-0.3, -0.25) is 0 Å². The lowest BCUT2D eigenvalue weighted by Gasteiger charge is -2.12. The maximum atomic E-state index is 13.4. The van der Waals surface area contributed by atoms with Gasteiger partial charge in [0.15, 0.2) is 11.6 Å². The largest absolute Gasteiger partial charge is 0.491 e. The van der Waals surface area contributed by atoms with Gasteiger partial charge in [-0.15, -0.1) is 0 Å². The molecule has 0 saturated carbocycles. The Labute approximate surface area is 156 Å². The maximum absolute atomic E-state index is 13.4. The van der Waals surface area contributed by atoms with Crippen LogP contribution in [0.1, 0.15) is 19.7 Å². The van der Waals surface area contributed by atoms with Crippen molar-refractivity contribution in [2.24, 2.45) is 0 Å². The number of anilines is 4. The molecule has 0 aliphatic carbocycles. The van der Waals surface area contributed by atoms with Gasteiger partial charge in [0.25, 0.3) is 0 Å². The summed E-state index contributed by atoms with van der Waals surface area (Å²) < 4.78 is 32.0. The summed E-state index contributed by atoms with van der Waals surface area (Å²) in [6, 6.07) is 12.8. The Morgan fingerprint density at radius 3 is 2.00 bits per heavy atom. The van der Waals surface area contributed by atoms with Crippen LogP contribution in [0.5, 0.6) is 5.75 Å². The van der Waals surface area contributed by atoms with Gasteiger partial charge >= 0.3 is 0 Å². The molecule has 2 aromatic carbocycles. The van der Waals surface area contributed by atoms with Crippen LogP contribution in [0.15, 0.2) is 48.5 Å². The molecule has 0 unspecified atom stereocenters. The molecule has 27 heavy (non-hydrogen) atoms. The molecule has 140 valence electrons. The lowest BCUT2D eigenvalue weighted by Crippen LogP contribution is -2.05. The fraction of sp³-hybridized carbons (Fsp3) is 0.200. The first-order valence-electron chi connectivity index (χ1n) is 8.50. The summed E-state index contributed by atoms with van der Waals surface area (Å²) >= 11 is 0. The Hall–Kier alpha value is -3.22. The van der Waals surface area contributed by atoms with Crippen molar-refractivity contribution < 1.29 is 13.5 Å². The lowest BCUT2D eigenvalue weighted by molar-refractivity contribution is 0.242. The monoisotopic (exact) mass is 370 g/mol. The van der Waals surface area contributed by atoms with E-state index in [0.717, 1.165) is 23.6 Å². The minimum Gasteiger partial charge on any atom is -0.491 e. The highest BCUT2D eigenvalue weighted by Gasteiger charge is 2.06. The summed E-state index contributed by atoms with van der Waals surface area (Å²) in [6.45, 7) is 5.69. The van der Waals surface area contributed by atoms with Crippen LogP contribution in [0.25, 0.3) is 0 Å². The smallest absolute Gasteiger partial charge is 0.160 e. The van der Waals surface area contributed by atoms with Gasteiger partial charge in [-0.05, 0) is 57.2 Å². The van der Waals surface area contributed by atoms with Crippen LogP contribution in [0, 0.1) is 18.6 Å². The molecule has 0 radical (unpaired) electrons. The van der Waals surface area contributed by atoms with Gasteiger partial charge in [0.2, 0.25) is 0 Å². The second-order valence-electron chi connectivity index (χ2n) is 6.26. The highest BCUT2D eigenvalue weighted by atomic mass is 19.2. The standard InChI is InChI=1S/C20H20F2N4O/c1-12(2)27-16-7-4-14(5-8-16)25-19-11-20(24-13(3)23-19)26-15-6-9-17(21)18(22)10-15/h4-12H,1-3H3,(H2,23,24,25,26). The van der Waals surface area contributed by atoms with Crippen molar-refractivity contribution in [1.29, 1.82) is 0 Å². The van der Waals surface area contributed by atoms with Crippen LogP contribution < -0.4 is 15.4 Å². The molecule has 5 nitrogen and oxygen atoms in total. The van der Waals surface area contributed by atoms with Gasteiger partial charge in [0.1, 0.15) is 23.2 Å². The molecule has 1 aromatic heterocycles. The molecule has 0 fully saturated rings. The third-order valence-electron chi connectivity index (χ3n) is 3.53. The fourth-order valence-corrected chi connectivity index (χ4v) is 2.45. The van der Waals surface area contributed by atoms with Gasteiger partial charge in [-0.2, -0.15) is 0 Å². The molecule has 2 N–H and O–H groups in total. The van der Waals surface area contributed by atoms with Crippen molar-refractivity contribution in [3.8, 4) is 5.75 Å². The highest BCUT2D eigenvalue weighted by molar-refractivity contribution is 5.63. The summed E-state index contributed by atoms with van der Waals surface area (Å²) in [6.07, 6.45) is 0.109. The first-order chi connectivity index (χ1) is 12.9. The Morgan fingerprint density at radius 2 is 1.41 bits per heavy atom. The van der Waals surface area contributed by atoms with Gasteiger partial charge in [-0.1, -0.05) is 0 Å². The molecule has 1 heterocycles. The zero-order valence-electron chi connectivity index (χ0n) is 15.3. The Balaban J connectivity index is 1.75. The molecular formula is C20H20F2N4O. The van der Waals surface area contributed by atoms with E-state index >= 15 is 0 Å². The van der Waals surface area contributed by atoms with Gasteiger partial charge in [0.05, 0.1) is 6.10 Å². The summed E-state index contributed by atoms with van der Waals surface area (Å²) in [5.41, 5.74) is 1.23. The van der Waals surface area contributed by atoms with Crippen LogP contribution in [0.4, 0.5) is 31.8 Å². The number of nitrogens with one attached hydrogen (secondary N) is 2. The van der Waals surface area contributed by atoms with Crippen molar-refractivity contribution in [3.63, 3.8) is 0 Å². The second-order valence-corrected chi connectivity index (χ2v) is 6.26. The minimum absolute atomic E-state index is 0.109. The van der Waals surface area contributed by atoms with E-state index in [1.165, 1.54) is 6.07 Å². The zero-order valence-corrected chi connectivity index (χ0v) is 15.3. The van der Waals surface area contributed by atoms with Crippen LogP contribution in [0.3, 0.4) is 0 Å². The van der Waals surface area contributed by atoms with Gasteiger partial charge in [-0.25, -0.2) is 18.7 Å². The summed E-state index contributed by atoms with van der Waals surface area (Å²) in [5.74, 6) is 0.542. The summed E-state index contributed by atoms with van der Waals surface area (Å²) in [7, 11) is 0. The Kier molecular flexibility index (Phi) is 5.49. The predicted molar refractivity (Wildman–Crippen MR) is 102 cm³/mol. The molecule has 0 spiro atoms. The SMILES string of the molecule is Cc1nc(Nc2ccc(OC(C)C)cc2)cc(Nc2ccc(F)c(F)c2)n1. The van der Waals surface area contributed by atoms with E-state index in [1.54, 1.807) is 13.0 Å². The molecule has 0 aliphatic heterocycles. The van der Waals surface area contributed by atoms with E-state index in [1.807, 2.05) is 38.1 Å². The molecule has 0 atom stereocenters. The van der Waals surface area contributed by atoms with E-state index in [4.69, 9.17) is 4.74 Å². The topological polar surface area (TPSA) is 59.1 Å². The maximum Gasteiger partial charge on any atom is 0.160 e. The molecule has 3 aromatic rings. The average molecular weight is 370 g/mol. The Morgan fingerprint density at radius 1 is 0.815 bits per heavy atom. The van der Waals surface area contributed by atoms with Gasteiger partial charge in [0, 0.05) is 23.5 Å². The lowest BCUT2D eigenvalue weighted by atomic mass is 10.3. The number of nitrogens with zero attached hydrogens (tertiary/aromatic N) is 2. The summed E-state index contributed by atoms with van der Waals surface area (Å²) in [4.78, 5) is 8.62. The average Bonchev–Trinajstić information content (AvgIpc) is 2.59. The van der Waals surface area contributed by atoms with Crippen LogP contribution in [-0.4, -0.2) is 16.1 Å². The number of aryl methyl sites for hydroxylation is 1. The highest BCUT2D eigenvalue weighted by Crippen LogP contribution is 2.23. The Bertz CT molecular complexity index is 930. The molecule has 0 bridgehead atoms. The van der Waals surface area contributed by atoms with E-state index in [-0.39, 0.29) is 6.10 Å². The number of hydrogen-bond acceptors (Lipinski definition) is 5. The fourth-order valence-electron chi connectivity index (χ4n) is 2.45. The first-order valence-corrected chi connectivity index (χ1v) is 8.50. The van der Waals surface area contributed by atoms with Crippen molar-refractivity contribution in [2.75, 3.05) is 10.6 Å². The number of aromatic nitrogens is 2. The normalized spacial score (nSPS) is 10.7. The third kappa shape index (κ3) is 5.13. The van der Waals surface area contributed by atoms with E-state index in [9.17, 15) is 8.78 Å². The number of rotatable bonds is 6. The predicted octanol–water partition coefficient (Wildman–Crippen LogP) is 5.34. The van der Waals surface area contributed by atoms with E-state index in [2.05, 4.69) is 20.6 Å². The third-order valence-corrected chi connectivity index (χ3v) is 3.53. The molecule has 0 amide bonds. The quantitative estimate of drug-likeness (QED) is 0.613. The number of benzene rings is 2. The van der Waals surface area contributed by atoms with Crippen LogP contribution >= 0.6 is 0 Å². The van der Waals surface area contributed by atoms with Crippen molar-refractivity contribution in [3.05, 3.63) is 66.0 Å². The molecule has 3 rings (SSSR count). The number of hydrogen-bond donors (Lipinski definition) is 2. The van der Waals surface area contributed by atoms with Crippen LogP contribution in [-0.2, 0) is 0 Å². The van der Waals surface area contributed by atoms with Crippen LogP contribution in [0.2, 0.25) is 0 Å². The second kappa shape index (κ2) is 7.99. The number of ether oxygens (including phenoxy) is 1. The van der Waals surface area contributed by atoms with Crippen molar-refractivity contribution >= 4 is 23.0 Å². The molecule has 0 aliphatic rings. The van der Waals surface area contributed by atoms with E-state index < -0.39 is 11.6 Å². The van der Waals surface area contributed by atoms with Crippen molar-refractivity contribution in [2.45, 2.75) is 26.9 Å². The summed E-state index contributed by atoms with van der Waals surface area (Å²) in [5, 5.41) is 6.14. The molecule has 7 heteroatoms. The minimum atomic E-state index is -0.923. The van der Waals surface area contributed by atoms with E-state index in [0.29, 0.717) is 23.1 Å². The zero-order chi connectivity index (χ0) is 19.4. The number of halogens is 2. The van der Waals surface area contributed by atoms with Crippen molar-refractivity contribution in [1.82, 2.24) is 9.97 Å². The molecule has 0 saturated heterocycles. The molecular weight excluding hydrogens is 350 g/mol. The van der Waals surface area contributed by atoms with Gasteiger partial charge < -0.3 is 15.4 Å².